The quantitative estimate of drug-likeness (QED) is 0.113. The molecule has 9 N–H and O–H groups in total. The molecule has 0 radical (unpaired) electrons. The molecule has 2 aliphatic rings. The van der Waals surface area contributed by atoms with E-state index in [4.69, 9.17) is 9.47 Å². The third-order valence-electron chi connectivity index (χ3n) is 5.56. The number of phosphoric ester groups is 2. The van der Waals surface area contributed by atoms with Crippen molar-refractivity contribution in [3.63, 3.8) is 0 Å². The summed E-state index contributed by atoms with van der Waals surface area (Å²) in [5, 5.41) is 51.9. The Morgan fingerprint density at radius 2 is 1.69 bits per heavy atom. The van der Waals surface area contributed by atoms with Crippen molar-refractivity contribution >= 4 is 21.6 Å². The predicted molar refractivity (Wildman–Crippen MR) is 120 cm³/mol. The smallest absolute Gasteiger partial charge is 0.394 e. The van der Waals surface area contributed by atoms with E-state index in [1.807, 2.05) is 4.98 Å². The van der Waals surface area contributed by atoms with Gasteiger partial charge in [-0.2, -0.15) is 4.31 Å². The van der Waals surface area contributed by atoms with Gasteiger partial charge in [0, 0.05) is 19.2 Å². The van der Waals surface area contributed by atoms with E-state index in [0.29, 0.717) is 0 Å². The van der Waals surface area contributed by atoms with Gasteiger partial charge in [-0.1, -0.05) is 0 Å². The predicted octanol–water partition coefficient (Wildman–Crippen LogP) is -4.65. The lowest BCUT2D eigenvalue weighted by atomic mass is 9.97. The third kappa shape index (κ3) is 7.66. The summed E-state index contributed by atoms with van der Waals surface area (Å²) in [6, 6.07) is -0.766. The number of carbonyl (C=O) groups excluding carboxylic acids is 1. The summed E-state index contributed by atoms with van der Waals surface area (Å²) in [5.41, 5.74) is -1.75. The largest absolute Gasteiger partial charge is 0.483 e. The lowest BCUT2D eigenvalue weighted by molar-refractivity contribution is -0.247. The van der Waals surface area contributed by atoms with Crippen LogP contribution in [0, 0.1) is 0 Å². The second-order valence-corrected chi connectivity index (χ2v) is 11.4. The maximum Gasteiger partial charge on any atom is 0.483 e. The molecular weight excluding hydrogens is 580 g/mol. The Morgan fingerprint density at radius 3 is 2.28 bits per heavy atom. The van der Waals surface area contributed by atoms with Crippen LogP contribution in [0.1, 0.15) is 13.2 Å². The molecular formula is C17H27N3O17P2. The zero-order valence-electron chi connectivity index (χ0n) is 19.8. The molecule has 1 amide bonds. The molecule has 3 rings (SSSR count). The number of ether oxygens (including phenoxy) is 2. The van der Waals surface area contributed by atoms with E-state index in [0.717, 1.165) is 23.8 Å². The van der Waals surface area contributed by atoms with Crippen molar-refractivity contribution in [1.29, 1.82) is 0 Å². The molecule has 222 valence electrons. The van der Waals surface area contributed by atoms with Crippen LogP contribution in [0.2, 0.25) is 0 Å². The van der Waals surface area contributed by atoms with Crippen LogP contribution in [-0.4, -0.2) is 113 Å². The molecule has 22 heteroatoms. The molecule has 3 heterocycles. The first kappa shape index (κ1) is 31.7. The fraction of sp³-hybridized carbons (Fsp3) is 0.706. The van der Waals surface area contributed by atoms with Gasteiger partial charge in [-0.15, -0.1) is 0 Å². The summed E-state index contributed by atoms with van der Waals surface area (Å²) in [4.78, 5) is 56.4. The molecule has 2 fully saturated rings. The number of nitrogens with one attached hydrogen (secondary N) is 2. The SMILES string of the molecule is CC(=O)NC1[C@@H](O[P@@](=O)(O)O[P@@](=O)(O)OC[C@H]2O[C@@H](n3ccc(=O)[nH]c3=O)C(O)C2O)OC(CO)[C@@H](O)[C@@H]1O. The molecule has 20 nitrogen and oxygen atoms in total. The van der Waals surface area contributed by atoms with E-state index in [-0.39, 0.29) is 0 Å². The highest BCUT2D eigenvalue weighted by atomic mass is 31.3. The molecule has 1 aromatic heterocycles. The highest BCUT2D eigenvalue weighted by Crippen LogP contribution is 2.61. The van der Waals surface area contributed by atoms with E-state index < -0.39 is 101 Å². The molecule has 2 aliphatic heterocycles. The molecule has 0 spiro atoms. The minimum absolute atomic E-state index is 0.723. The summed E-state index contributed by atoms with van der Waals surface area (Å²) in [6.45, 7) is -0.940. The van der Waals surface area contributed by atoms with Crippen molar-refractivity contribution in [2.75, 3.05) is 13.2 Å². The topological polar surface area (TPSA) is 306 Å². The van der Waals surface area contributed by atoms with Crippen LogP contribution in [0.15, 0.2) is 21.9 Å². The highest BCUT2D eigenvalue weighted by molar-refractivity contribution is 7.61. The summed E-state index contributed by atoms with van der Waals surface area (Å²) >= 11 is 0. The number of phosphoric acid groups is 2. The molecule has 39 heavy (non-hydrogen) atoms. The molecule has 11 atom stereocenters. The van der Waals surface area contributed by atoms with E-state index in [1.165, 1.54) is 0 Å². The number of nitrogens with zero attached hydrogens (tertiary/aromatic N) is 1. The van der Waals surface area contributed by atoms with Gasteiger partial charge in [-0.05, 0) is 0 Å². The number of aliphatic hydroxyl groups excluding tert-OH is 5. The fourth-order valence-electron chi connectivity index (χ4n) is 3.76. The first-order valence-corrected chi connectivity index (χ1v) is 14.0. The van der Waals surface area contributed by atoms with Gasteiger partial charge in [0.25, 0.3) is 5.56 Å². The van der Waals surface area contributed by atoms with Crippen LogP contribution in [0.5, 0.6) is 0 Å². The van der Waals surface area contributed by atoms with Crippen LogP contribution in [0.4, 0.5) is 0 Å². The lowest BCUT2D eigenvalue weighted by Gasteiger charge is -2.42. The number of rotatable bonds is 10. The normalized spacial score (nSPS) is 36.2. The van der Waals surface area contributed by atoms with Crippen molar-refractivity contribution < 1.29 is 72.1 Å². The number of aliphatic hydroxyl groups is 5. The van der Waals surface area contributed by atoms with Crippen molar-refractivity contribution in [1.82, 2.24) is 14.9 Å². The number of H-pyrrole nitrogens is 1. The maximum absolute atomic E-state index is 12.4. The number of carbonyl (C=O) groups is 1. The maximum atomic E-state index is 12.4. The summed E-state index contributed by atoms with van der Waals surface area (Å²) in [6.07, 6.45) is -13.0. The molecule has 0 saturated carbocycles. The minimum atomic E-state index is -5.63. The summed E-state index contributed by atoms with van der Waals surface area (Å²) < 4.78 is 49.2. The molecule has 4 unspecified atom stereocenters. The number of amides is 1. The molecule has 0 aliphatic carbocycles. The second kappa shape index (κ2) is 12.3. The Morgan fingerprint density at radius 1 is 1.05 bits per heavy atom. The van der Waals surface area contributed by atoms with Gasteiger partial charge in [0.2, 0.25) is 5.91 Å². The highest BCUT2D eigenvalue weighted by Gasteiger charge is 2.50. The Bertz CT molecular complexity index is 1240. The number of aromatic amines is 1. The van der Waals surface area contributed by atoms with Crippen molar-refractivity contribution in [3.05, 3.63) is 33.1 Å². The van der Waals surface area contributed by atoms with Gasteiger partial charge < -0.3 is 50.1 Å². The van der Waals surface area contributed by atoms with Gasteiger partial charge in [0.15, 0.2) is 12.5 Å². The van der Waals surface area contributed by atoms with Gasteiger partial charge in [-0.3, -0.25) is 28.2 Å². The number of aromatic nitrogens is 2. The molecule has 0 bridgehead atoms. The zero-order valence-corrected chi connectivity index (χ0v) is 21.6. The second-order valence-electron chi connectivity index (χ2n) is 8.42. The van der Waals surface area contributed by atoms with Crippen LogP contribution in [-0.2, 0) is 36.8 Å². The Balaban J connectivity index is 1.66. The summed E-state index contributed by atoms with van der Waals surface area (Å²) in [5.74, 6) is -0.796. The van der Waals surface area contributed by atoms with E-state index in [2.05, 4.69) is 18.7 Å². The van der Waals surface area contributed by atoms with Crippen molar-refractivity contribution in [2.24, 2.45) is 0 Å². The van der Waals surface area contributed by atoms with Crippen LogP contribution >= 0.6 is 15.6 Å². The monoisotopic (exact) mass is 607 g/mol. The molecule has 0 aromatic carbocycles. The van der Waals surface area contributed by atoms with E-state index in [1.54, 1.807) is 0 Å². The number of hydrogen-bond donors (Lipinski definition) is 9. The molecule has 1 aromatic rings. The first-order valence-electron chi connectivity index (χ1n) is 11.0. The molecule has 2 saturated heterocycles. The van der Waals surface area contributed by atoms with Crippen molar-refractivity contribution in [2.45, 2.75) is 62.1 Å². The standard InChI is InChI=1S/C17H27N3O17P2/c1-6(22)18-10-13(26)11(24)7(4-21)35-16(10)36-39(31,32)37-38(29,30)33-5-8-12(25)14(27)15(34-8)20-3-2-9(23)19-17(20)28/h2-3,7-8,10-16,21,24-27H,4-5H2,1H3,(H,18,22)(H,29,30)(H,31,32)(H,19,23,28)/t7?,8-,10?,11-,12?,13-,14?,15-,16-/m1/s1. The average Bonchev–Trinajstić information content (AvgIpc) is 3.10. The van der Waals surface area contributed by atoms with Gasteiger partial charge >= 0.3 is 21.3 Å². The van der Waals surface area contributed by atoms with Crippen LogP contribution in [0.3, 0.4) is 0 Å². The Hall–Kier alpha value is -1.87. The van der Waals surface area contributed by atoms with Crippen LogP contribution in [0.25, 0.3) is 0 Å². The first-order chi connectivity index (χ1) is 18.0. The Kier molecular flexibility index (Phi) is 10.0. The van der Waals surface area contributed by atoms with Crippen LogP contribution < -0.4 is 16.6 Å². The minimum Gasteiger partial charge on any atom is -0.394 e. The average molecular weight is 607 g/mol. The van der Waals surface area contributed by atoms with Gasteiger partial charge in [0.1, 0.15) is 42.7 Å². The fourth-order valence-corrected chi connectivity index (χ4v) is 5.92. The Labute approximate surface area is 217 Å². The van der Waals surface area contributed by atoms with E-state index >= 15 is 0 Å². The number of hydrogen-bond acceptors (Lipinski definition) is 15. The van der Waals surface area contributed by atoms with Gasteiger partial charge in [0.05, 0.1) is 13.2 Å². The third-order valence-corrected chi connectivity index (χ3v) is 8.16. The summed E-state index contributed by atoms with van der Waals surface area (Å²) in [7, 11) is -11.1. The van der Waals surface area contributed by atoms with Gasteiger partial charge in [-0.25, -0.2) is 13.9 Å². The van der Waals surface area contributed by atoms with E-state index in [9.17, 15) is 58.8 Å². The lowest BCUT2D eigenvalue weighted by Crippen LogP contribution is -2.64. The van der Waals surface area contributed by atoms with Crippen molar-refractivity contribution in [3.8, 4) is 0 Å². The zero-order chi connectivity index (χ0) is 29.3.